The van der Waals surface area contributed by atoms with E-state index in [2.05, 4.69) is 5.10 Å². The summed E-state index contributed by atoms with van der Waals surface area (Å²) in [4.78, 5) is 21.0. The topological polar surface area (TPSA) is 116 Å². The first kappa shape index (κ1) is 27.7. The quantitative estimate of drug-likeness (QED) is 0.231. The van der Waals surface area contributed by atoms with E-state index < -0.39 is 61.0 Å². The van der Waals surface area contributed by atoms with Crippen molar-refractivity contribution in [2.45, 2.75) is 32.2 Å². The van der Waals surface area contributed by atoms with Crippen LogP contribution in [0.15, 0.2) is 12.3 Å². The van der Waals surface area contributed by atoms with Gasteiger partial charge in [0.15, 0.2) is 0 Å². The third kappa shape index (κ3) is 6.60. The van der Waals surface area contributed by atoms with Crippen molar-refractivity contribution in [3.63, 3.8) is 0 Å². The maximum absolute atomic E-state index is 12.9. The molecule has 0 atom stereocenters. The number of anilines is 1. The van der Waals surface area contributed by atoms with Crippen LogP contribution < -0.4 is 11.1 Å². The highest BCUT2D eigenvalue weighted by Crippen LogP contribution is 2.45. The molecule has 0 bridgehead atoms. The SMILES string of the molecule is CC(C)N.O=C(Nc1c([N+](=O)[O-])cnn1-c1c(Cl)cc(C(F)(F)F)c(Cl)c1Cl)C(F)(F)F. The van der Waals surface area contributed by atoms with Crippen LogP contribution in [0.2, 0.25) is 15.1 Å². The number of nitrogens with zero attached hydrogens (tertiary/aromatic N) is 3. The molecule has 0 radical (unpaired) electrons. The summed E-state index contributed by atoms with van der Waals surface area (Å²) in [6, 6.07) is 0.633. The molecule has 3 N–H and O–H groups in total. The average molecular weight is 531 g/mol. The fraction of sp³-hybridized carbons (Fsp3) is 0.333. The number of aromatic nitrogens is 2. The molecule has 1 aromatic heterocycles. The predicted molar refractivity (Wildman–Crippen MR) is 104 cm³/mol. The number of nitrogens with two attached hydrogens (primary N) is 1. The fourth-order valence-electron chi connectivity index (χ4n) is 1.92. The van der Waals surface area contributed by atoms with E-state index in [-0.39, 0.29) is 4.68 Å². The van der Waals surface area contributed by atoms with Gasteiger partial charge in [0.25, 0.3) is 0 Å². The minimum atomic E-state index is -5.44. The van der Waals surface area contributed by atoms with E-state index >= 15 is 0 Å². The third-order valence-corrected chi connectivity index (χ3v) is 4.23. The first-order chi connectivity index (χ1) is 14.4. The van der Waals surface area contributed by atoms with Gasteiger partial charge in [0.2, 0.25) is 5.82 Å². The highest BCUT2D eigenvalue weighted by Gasteiger charge is 2.41. The van der Waals surface area contributed by atoms with Gasteiger partial charge < -0.3 is 5.73 Å². The lowest BCUT2D eigenvalue weighted by atomic mass is 10.2. The van der Waals surface area contributed by atoms with Crippen molar-refractivity contribution < 1.29 is 36.1 Å². The van der Waals surface area contributed by atoms with Crippen molar-refractivity contribution in [1.82, 2.24) is 9.78 Å². The molecule has 0 aliphatic rings. The number of benzene rings is 1. The summed E-state index contributed by atoms with van der Waals surface area (Å²) in [6.07, 6.45) is -9.98. The van der Waals surface area contributed by atoms with E-state index in [4.69, 9.17) is 40.5 Å². The average Bonchev–Trinajstić information content (AvgIpc) is 2.99. The number of nitrogens with one attached hydrogen (secondary N) is 1. The van der Waals surface area contributed by atoms with E-state index in [9.17, 15) is 41.3 Å². The highest BCUT2D eigenvalue weighted by molar-refractivity contribution is 6.45. The van der Waals surface area contributed by atoms with E-state index in [1.54, 1.807) is 0 Å². The Labute approximate surface area is 190 Å². The van der Waals surface area contributed by atoms with Crippen LogP contribution in [0.4, 0.5) is 37.8 Å². The highest BCUT2D eigenvalue weighted by atomic mass is 35.5. The minimum absolute atomic E-state index is 0.262. The maximum Gasteiger partial charge on any atom is 0.471 e. The standard InChI is InChI=1S/C12H3Cl3F6N4O3.C3H9N/c13-4-1-3(11(16,17)18)6(14)7(15)8(4)24-9(5(2-22-24)25(27)28)23-10(26)12(19,20)21;1-3(2)4/h1-2H,(H,23,26);3H,4H2,1-2H3. The van der Waals surface area contributed by atoms with Crippen LogP contribution >= 0.6 is 34.8 Å². The molecule has 0 saturated heterocycles. The van der Waals surface area contributed by atoms with Crippen molar-refractivity contribution in [1.29, 1.82) is 0 Å². The Morgan fingerprint density at radius 2 is 1.69 bits per heavy atom. The molecule has 8 nitrogen and oxygen atoms in total. The number of amides is 1. The molecule has 32 heavy (non-hydrogen) atoms. The van der Waals surface area contributed by atoms with Gasteiger partial charge >= 0.3 is 23.9 Å². The zero-order chi connectivity index (χ0) is 25.2. The van der Waals surface area contributed by atoms with Gasteiger partial charge in [-0.3, -0.25) is 20.2 Å². The van der Waals surface area contributed by atoms with Crippen molar-refractivity contribution in [2.24, 2.45) is 5.73 Å². The van der Waals surface area contributed by atoms with Gasteiger partial charge in [0.1, 0.15) is 11.9 Å². The number of alkyl halides is 6. The summed E-state index contributed by atoms with van der Waals surface area (Å²) in [6.45, 7) is 3.89. The van der Waals surface area contributed by atoms with E-state index in [1.807, 2.05) is 13.8 Å². The molecular weight excluding hydrogens is 519 g/mol. The maximum atomic E-state index is 12.9. The van der Waals surface area contributed by atoms with Gasteiger partial charge in [-0.1, -0.05) is 48.7 Å². The summed E-state index contributed by atoms with van der Waals surface area (Å²) in [7, 11) is 0. The Kier molecular flexibility index (Phi) is 8.76. The summed E-state index contributed by atoms with van der Waals surface area (Å²) < 4.78 is 76.6. The van der Waals surface area contributed by atoms with Crippen molar-refractivity contribution in [3.05, 3.63) is 43.0 Å². The summed E-state index contributed by atoms with van der Waals surface area (Å²) in [5, 5.41) is 12.8. The fourth-order valence-corrected chi connectivity index (χ4v) is 2.79. The number of halogens is 9. The molecule has 178 valence electrons. The summed E-state index contributed by atoms with van der Waals surface area (Å²) >= 11 is 17.0. The molecule has 0 saturated carbocycles. The number of hydrogen-bond acceptors (Lipinski definition) is 5. The van der Waals surface area contributed by atoms with Crippen LogP contribution in [0.25, 0.3) is 5.69 Å². The Hall–Kier alpha value is -2.29. The summed E-state index contributed by atoms with van der Waals surface area (Å²) in [5.74, 6) is -3.76. The van der Waals surface area contributed by atoms with Gasteiger partial charge in [0, 0.05) is 0 Å². The first-order valence-corrected chi connectivity index (χ1v) is 9.14. The lowest BCUT2D eigenvalue weighted by Gasteiger charge is -2.16. The predicted octanol–water partition coefficient (Wildman–Crippen LogP) is 5.61. The Morgan fingerprint density at radius 3 is 2.09 bits per heavy atom. The van der Waals surface area contributed by atoms with E-state index in [0.717, 1.165) is 0 Å². The van der Waals surface area contributed by atoms with Crippen molar-refractivity contribution in [3.8, 4) is 5.69 Å². The number of carbonyl (C=O) groups excluding carboxylic acids is 1. The first-order valence-electron chi connectivity index (χ1n) is 8.00. The van der Waals surface area contributed by atoms with Crippen LogP contribution in [0.3, 0.4) is 0 Å². The lowest BCUT2D eigenvalue weighted by molar-refractivity contribution is -0.384. The van der Waals surface area contributed by atoms with Crippen molar-refractivity contribution in [2.75, 3.05) is 5.32 Å². The molecule has 0 unspecified atom stereocenters. The third-order valence-electron chi connectivity index (χ3n) is 3.09. The Morgan fingerprint density at radius 1 is 1.19 bits per heavy atom. The summed E-state index contributed by atoms with van der Waals surface area (Å²) in [5.41, 5.74) is 1.82. The molecule has 1 amide bonds. The number of nitro groups is 1. The largest absolute Gasteiger partial charge is 0.471 e. The number of carbonyl (C=O) groups is 1. The van der Waals surface area contributed by atoms with Gasteiger partial charge in [-0.2, -0.15) is 31.4 Å². The van der Waals surface area contributed by atoms with Gasteiger partial charge in [-0.15, -0.1) is 0 Å². The van der Waals surface area contributed by atoms with E-state index in [1.165, 1.54) is 5.32 Å². The molecule has 0 fully saturated rings. The van der Waals surface area contributed by atoms with Gasteiger partial charge in [-0.25, -0.2) is 4.68 Å². The molecule has 0 aliphatic heterocycles. The molecule has 0 spiro atoms. The minimum Gasteiger partial charge on any atom is -0.328 e. The smallest absolute Gasteiger partial charge is 0.328 e. The zero-order valence-electron chi connectivity index (χ0n) is 15.8. The van der Waals surface area contributed by atoms with Gasteiger partial charge in [-0.05, 0) is 12.1 Å². The molecule has 1 aromatic carbocycles. The van der Waals surface area contributed by atoms with Crippen LogP contribution in [0, 0.1) is 10.1 Å². The molecule has 0 aliphatic carbocycles. The number of rotatable bonds is 3. The number of hydrogen-bond donors (Lipinski definition) is 2. The lowest BCUT2D eigenvalue weighted by Crippen LogP contribution is -2.31. The van der Waals surface area contributed by atoms with Crippen LogP contribution in [0.5, 0.6) is 0 Å². The van der Waals surface area contributed by atoms with Crippen molar-refractivity contribution >= 4 is 52.2 Å². The van der Waals surface area contributed by atoms with Crippen LogP contribution in [-0.2, 0) is 11.0 Å². The molecule has 2 rings (SSSR count). The second-order valence-corrected chi connectivity index (χ2v) is 7.29. The van der Waals surface area contributed by atoms with Gasteiger partial charge in [0.05, 0.1) is 25.6 Å². The Balaban J connectivity index is 0.00000118. The van der Waals surface area contributed by atoms with E-state index in [0.29, 0.717) is 18.3 Å². The zero-order valence-corrected chi connectivity index (χ0v) is 18.0. The van der Waals surface area contributed by atoms with Crippen LogP contribution in [-0.4, -0.2) is 32.8 Å². The second kappa shape index (κ2) is 10.1. The molecule has 1 heterocycles. The molecule has 2 aromatic rings. The van der Waals surface area contributed by atoms with Crippen LogP contribution in [0.1, 0.15) is 19.4 Å². The second-order valence-electron chi connectivity index (χ2n) is 6.12. The molecule has 17 heteroatoms. The molecular formula is C15H12Cl3F6N5O3. The normalized spacial score (nSPS) is 11.8. The Bertz CT molecular complexity index is 1020. The monoisotopic (exact) mass is 529 g/mol.